The average molecular weight is 443 g/mol. The summed E-state index contributed by atoms with van der Waals surface area (Å²) in [7, 11) is 6.00. The third-order valence-corrected chi connectivity index (χ3v) is 4.57. The maximum atomic E-state index is 12.3. The van der Waals surface area contributed by atoms with E-state index in [2.05, 4.69) is 15.6 Å². The lowest BCUT2D eigenvalue weighted by molar-refractivity contribution is 0.161. The van der Waals surface area contributed by atoms with Crippen molar-refractivity contribution in [3.05, 3.63) is 42.6 Å². The summed E-state index contributed by atoms with van der Waals surface area (Å²) in [5.41, 5.74) is 2.50. The molecule has 0 aliphatic rings. The van der Waals surface area contributed by atoms with Gasteiger partial charge in [-0.1, -0.05) is 11.3 Å². The molecule has 0 spiro atoms. The van der Waals surface area contributed by atoms with E-state index in [0.29, 0.717) is 34.3 Å². The van der Waals surface area contributed by atoms with E-state index in [1.54, 1.807) is 55.4 Å². The summed E-state index contributed by atoms with van der Waals surface area (Å²) in [5, 5.41) is 20.8. The number of urea groups is 1. The number of carbonyl (C=O) groups is 1. The molecule has 0 unspecified atom stereocenters. The SMILES string of the molecule is COc1cc(-c2cnnn2-c2cccc(N(OC)C(=O)NCCO)c2)cc(OC)c1OC. The lowest BCUT2D eigenvalue weighted by atomic mass is 10.1. The number of ether oxygens (including phenoxy) is 3. The second-order valence-corrected chi connectivity index (χ2v) is 6.40. The molecule has 1 heterocycles. The van der Waals surface area contributed by atoms with Gasteiger partial charge in [-0.25, -0.2) is 9.48 Å². The number of aliphatic hydroxyl groups is 1. The fraction of sp³-hybridized carbons (Fsp3) is 0.286. The van der Waals surface area contributed by atoms with E-state index in [-0.39, 0.29) is 13.2 Å². The van der Waals surface area contributed by atoms with E-state index in [1.165, 1.54) is 14.2 Å². The minimum atomic E-state index is -0.512. The van der Waals surface area contributed by atoms with Crippen LogP contribution in [0.25, 0.3) is 16.9 Å². The quantitative estimate of drug-likeness (QED) is 0.482. The second-order valence-electron chi connectivity index (χ2n) is 6.40. The summed E-state index contributed by atoms with van der Waals surface area (Å²) in [5.74, 6) is 1.47. The molecule has 2 N–H and O–H groups in total. The molecule has 1 aromatic heterocycles. The third-order valence-electron chi connectivity index (χ3n) is 4.57. The Morgan fingerprint density at radius 1 is 1.09 bits per heavy atom. The lowest BCUT2D eigenvalue weighted by Crippen LogP contribution is -2.40. The molecule has 32 heavy (non-hydrogen) atoms. The summed E-state index contributed by atoms with van der Waals surface area (Å²) < 4.78 is 17.9. The van der Waals surface area contributed by atoms with Gasteiger partial charge in [0.15, 0.2) is 11.5 Å². The van der Waals surface area contributed by atoms with Gasteiger partial charge in [-0.3, -0.25) is 4.84 Å². The molecule has 0 saturated carbocycles. The van der Waals surface area contributed by atoms with Crippen molar-refractivity contribution in [3.63, 3.8) is 0 Å². The fourth-order valence-corrected chi connectivity index (χ4v) is 3.14. The number of benzene rings is 2. The molecule has 0 bridgehead atoms. The van der Waals surface area contributed by atoms with Gasteiger partial charge in [0.05, 0.1) is 58.3 Å². The Kier molecular flexibility index (Phi) is 7.47. The highest BCUT2D eigenvalue weighted by atomic mass is 16.7. The van der Waals surface area contributed by atoms with E-state index in [9.17, 15) is 4.79 Å². The van der Waals surface area contributed by atoms with Crippen molar-refractivity contribution in [1.29, 1.82) is 0 Å². The normalized spacial score (nSPS) is 10.5. The smallest absolute Gasteiger partial charge is 0.346 e. The number of hydrogen-bond acceptors (Lipinski definition) is 8. The summed E-state index contributed by atoms with van der Waals surface area (Å²) in [4.78, 5) is 17.5. The van der Waals surface area contributed by atoms with Gasteiger partial charge in [0.25, 0.3) is 0 Å². The molecule has 11 heteroatoms. The number of nitrogens with one attached hydrogen (secondary N) is 1. The van der Waals surface area contributed by atoms with Crippen molar-refractivity contribution >= 4 is 11.7 Å². The van der Waals surface area contributed by atoms with Crippen molar-refractivity contribution in [2.75, 3.05) is 46.7 Å². The first-order chi connectivity index (χ1) is 15.6. The van der Waals surface area contributed by atoms with Gasteiger partial charge in [0.1, 0.15) is 0 Å². The number of amides is 2. The number of aliphatic hydroxyl groups excluding tert-OH is 1. The van der Waals surface area contributed by atoms with Gasteiger partial charge in [-0.15, -0.1) is 5.10 Å². The van der Waals surface area contributed by atoms with Crippen molar-refractivity contribution in [3.8, 4) is 34.2 Å². The standard InChI is InChI=1S/C21H25N5O6/c1-29-18-10-14(11-19(30-2)20(18)31-3)17-13-23-24-25(17)15-6-5-7-16(12-15)26(32-4)21(28)22-8-9-27/h5-7,10-13,27H,8-9H2,1-4H3,(H,22,28). The maximum absolute atomic E-state index is 12.3. The van der Waals surface area contributed by atoms with Crippen LogP contribution in [-0.4, -0.2) is 67.7 Å². The molecular weight excluding hydrogens is 418 g/mol. The molecular formula is C21H25N5O6. The molecule has 0 radical (unpaired) electrons. The van der Waals surface area contributed by atoms with Crippen LogP contribution in [0.1, 0.15) is 0 Å². The number of rotatable bonds is 9. The van der Waals surface area contributed by atoms with Crippen molar-refractivity contribution in [1.82, 2.24) is 20.3 Å². The summed E-state index contributed by atoms with van der Waals surface area (Å²) in [6.45, 7) is -0.0762. The molecule has 0 aliphatic heterocycles. The van der Waals surface area contributed by atoms with Crippen LogP contribution in [0.2, 0.25) is 0 Å². The van der Waals surface area contributed by atoms with Gasteiger partial charge in [0.2, 0.25) is 5.75 Å². The first-order valence-corrected chi connectivity index (χ1v) is 9.62. The highest BCUT2D eigenvalue weighted by molar-refractivity contribution is 5.90. The first-order valence-electron chi connectivity index (χ1n) is 9.62. The number of anilines is 1. The summed E-state index contributed by atoms with van der Waals surface area (Å²) in [6.07, 6.45) is 1.61. The van der Waals surface area contributed by atoms with Crippen LogP contribution in [0.3, 0.4) is 0 Å². The van der Waals surface area contributed by atoms with E-state index in [4.69, 9.17) is 24.2 Å². The van der Waals surface area contributed by atoms with Crippen molar-refractivity contribution in [2.45, 2.75) is 0 Å². The van der Waals surface area contributed by atoms with E-state index >= 15 is 0 Å². The molecule has 11 nitrogen and oxygen atoms in total. The Morgan fingerprint density at radius 2 is 1.81 bits per heavy atom. The van der Waals surface area contributed by atoms with Gasteiger partial charge in [-0.2, -0.15) is 5.06 Å². The van der Waals surface area contributed by atoms with Crippen LogP contribution in [0.15, 0.2) is 42.6 Å². The fourth-order valence-electron chi connectivity index (χ4n) is 3.14. The molecule has 2 amide bonds. The van der Waals surface area contributed by atoms with Crippen LogP contribution >= 0.6 is 0 Å². The van der Waals surface area contributed by atoms with Crippen molar-refractivity contribution in [2.24, 2.45) is 0 Å². The van der Waals surface area contributed by atoms with E-state index in [0.717, 1.165) is 10.6 Å². The van der Waals surface area contributed by atoms with E-state index < -0.39 is 6.03 Å². The maximum Gasteiger partial charge on any atom is 0.346 e. The number of hydroxylamine groups is 1. The highest BCUT2D eigenvalue weighted by Gasteiger charge is 2.19. The number of hydrogen-bond donors (Lipinski definition) is 2. The number of carbonyl (C=O) groups excluding carboxylic acids is 1. The van der Waals surface area contributed by atoms with E-state index in [1.807, 2.05) is 6.07 Å². The largest absolute Gasteiger partial charge is 0.493 e. The van der Waals surface area contributed by atoms with Crippen LogP contribution < -0.4 is 24.6 Å². The zero-order valence-corrected chi connectivity index (χ0v) is 18.2. The van der Waals surface area contributed by atoms with Crippen LogP contribution in [0, 0.1) is 0 Å². The molecule has 0 aliphatic carbocycles. The van der Waals surface area contributed by atoms with Gasteiger partial charge < -0.3 is 24.6 Å². The number of aromatic nitrogens is 3. The average Bonchev–Trinajstić information content (AvgIpc) is 3.32. The van der Waals surface area contributed by atoms with Gasteiger partial charge in [-0.05, 0) is 30.3 Å². The minimum absolute atomic E-state index is 0.104. The molecule has 0 saturated heterocycles. The summed E-state index contributed by atoms with van der Waals surface area (Å²) >= 11 is 0. The Hall–Kier alpha value is -3.83. The Labute approximate surface area is 185 Å². The van der Waals surface area contributed by atoms with Crippen LogP contribution in [0.5, 0.6) is 17.2 Å². The predicted octanol–water partition coefficient (Wildman–Crippen LogP) is 2.03. The molecule has 3 aromatic rings. The zero-order valence-electron chi connectivity index (χ0n) is 18.2. The van der Waals surface area contributed by atoms with Crippen LogP contribution in [0.4, 0.5) is 10.5 Å². The summed E-state index contributed by atoms with van der Waals surface area (Å²) in [6, 6.07) is 10.1. The molecule has 2 aromatic carbocycles. The van der Waals surface area contributed by atoms with Crippen molar-refractivity contribution < 1.29 is 28.9 Å². The zero-order chi connectivity index (χ0) is 23.1. The minimum Gasteiger partial charge on any atom is -0.493 e. The molecule has 0 fully saturated rings. The van der Waals surface area contributed by atoms with Crippen LogP contribution in [-0.2, 0) is 4.84 Å². The Morgan fingerprint density at radius 3 is 2.41 bits per heavy atom. The highest BCUT2D eigenvalue weighted by Crippen LogP contribution is 2.41. The number of methoxy groups -OCH3 is 3. The predicted molar refractivity (Wildman–Crippen MR) is 116 cm³/mol. The number of nitrogens with zero attached hydrogens (tertiary/aromatic N) is 4. The molecule has 170 valence electrons. The first kappa shape index (κ1) is 22.8. The van der Waals surface area contributed by atoms with Gasteiger partial charge >= 0.3 is 6.03 Å². The van der Waals surface area contributed by atoms with Gasteiger partial charge in [0, 0.05) is 12.1 Å². The molecule has 3 rings (SSSR count). The second kappa shape index (κ2) is 10.5. The Bertz CT molecular complexity index is 1050. The molecule has 0 atom stereocenters. The monoisotopic (exact) mass is 443 g/mol. The third kappa shape index (κ3) is 4.58. The lowest BCUT2D eigenvalue weighted by Gasteiger charge is -2.20. The topological polar surface area (TPSA) is 120 Å². The Balaban J connectivity index is 2.02.